The van der Waals surface area contributed by atoms with Gasteiger partial charge in [-0.3, -0.25) is 0 Å². The molecule has 0 amide bonds. The third kappa shape index (κ3) is 1.65. The highest BCUT2D eigenvalue weighted by atomic mass is 19.4. The highest BCUT2D eigenvalue weighted by Crippen LogP contribution is 2.34. The molecule has 78 valence electrons. The average Bonchev–Trinajstić information content (AvgIpc) is 2.16. The number of fused-ring (bicyclic) bond motifs is 1. The quantitative estimate of drug-likeness (QED) is 0.670. The van der Waals surface area contributed by atoms with Gasteiger partial charge in [0.05, 0.1) is 17.5 Å². The van der Waals surface area contributed by atoms with Crippen molar-refractivity contribution in [3.05, 3.63) is 35.7 Å². The molecule has 0 spiro atoms. The Hall–Kier alpha value is -1.65. The van der Waals surface area contributed by atoms with Crippen LogP contribution in [0.4, 0.5) is 13.2 Å². The van der Waals surface area contributed by atoms with Gasteiger partial charge in [-0.05, 0) is 13.0 Å². The predicted molar refractivity (Wildman–Crippen MR) is 49.3 cm³/mol. The van der Waals surface area contributed by atoms with Crippen molar-refractivity contribution in [1.29, 1.82) is 0 Å². The summed E-state index contributed by atoms with van der Waals surface area (Å²) in [6.07, 6.45) is -3.21. The summed E-state index contributed by atoms with van der Waals surface area (Å²) in [4.78, 5) is 0. The van der Waals surface area contributed by atoms with Crippen LogP contribution in [0.3, 0.4) is 0 Å². The van der Waals surface area contributed by atoms with Crippen molar-refractivity contribution in [2.75, 3.05) is 0 Å². The fourth-order valence-corrected chi connectivity index (χ4v) is 1.49. The zero-order valence-corrected chi connectivity index (χ0v) is 7.84. The Morgan fingerprint density at radius 2 is 1.87 bits per heavy atom. The van der Waals surface area contributed by atoms with Crippen molar-refractivity contribution in [3.8, 4) is 0 Å². The second-order valence-corrected chi connectivity index (χ2v) is 3.19. The molecule has 2 nitrogen and oxygen atoms in total. The van der Waals surface area contributed by atoms with Crippen LogP contribution in [0.5, 0.6) is 0 Å². The molecule has 0 atom stereocenters. The standard InChI is InChI=1S/C10H7F3N2/c1-6-7-3-2-4-9(10(11,12)13)8(7)5-14-15-6/h2-5H,1H3. The van der Waals surface area contributed by atoms with E-state index >= 15 is 0 Å². The van der Waals surface area contributed by atoms with Gasteiger partial charge in [-0.1, -0.05) is 12.1 Å². The first kappa shape index (κ1) is 9.89. The minimum Gasteiger partial charge on any atom is -0.166 e. The molecule has 0 aliphatic rings. The Labute approximate surface area is 83.7 Å². The zero-order valence-electron chi connectivity index (χ0n) is 7.84. The van der Waals surface area contributed by atoms with Crippen LogP contribution >= 0.6 is 0 Å². The molecule has 0 saturated heterocycles. The minimum atomic E-state index is -4.35. The molecule has 1 aromatic carbocycles. The van der Waals surface area contributed by atoms with Gasteiger partial charge in [0.25, 0.3) is 0 Å². The third-order valence-electron chi connectivity index (χ3n) is 2.20. The van der Waals surface area contributed by atoms with E-state index in [-0.39, 0.29) is 5.39 Å². The lowest BCUT2D eigenvalue weighted by atomic mass is 10.1. The fourth-order valence-electron chi connectivity index (χ4n) is 1.49. The molecule has 2 aromatic rings. The van der Waals surface area contributed by atoms with E-state index in [9.17, 15) is 13.2 Å². The maximum absolute atomic E-state index is 12.6. The molecular weight excluding hydrogens is 205 g/mol. The van der Waals surface area contributed by atoms with E-state index < -0.39 is 11.7 Å². The lowest BCUT2D eigenvalue weighted by Gasteiger charge is -2.09. The second kappa shape index (κ2) is 3.18. The van der Waals surface area contributed by atoms with Gasteiger partial charge < -0.3 is 0 Å². The van der Waals surface area contributed by atoms with Crippen molar-refractivity contribution in [2.24, 2.45) is 0 Å². The van der Waals surface area contributed by atoms with Crippen molar-refractivity contribution < 1.29 is 13.2 Å². The van der Waals surface area contributed by atoms with Crippen LogP contribution in [0.2, 0.25) is 0 Å². The van der Waals surface area contributed by atoms with Crippen LogP contribution in [-0.2, 0) is 6.18 Å². The van der Waals surface area contributed by atoms with Crippen LogP contribution in [0.25, 0.3) is 10.8 Å². The number of hydrogen-bond donors (Lipinski definition) is 0. The van der Waals surface area contributed by atoms with Gasteiger partial charge in [-0.15, -0.1) is 0 Å². The first-order valence-corrected chi connectivity index (χ1v) is 4.28. The molecule has 0 unspecified atom stereocenters. The third-order valence-corrected chi connectivity index (χ3v) is 2.20. The van der Waals surface area contributed by atoms with E-state index in [1.165, 1.54) is 6.07 Å². The lowest BCUT2D eigenvalue weighted by molar-refractivity contribution is -0.136. The highest BCUT2D eigenvalue weighted by Gasteiger charge is 2.32. The molecule has 1 aromatic heterocycles. The molecule has 2 rings (SSSR count). The number of halogens is 3. The number of alkyl halides is 3. The zero-order chi connectivity index (χ0) is 11.1. The molecule has 0 radical (unpaired) electrons. The fraction of sp³-hybridized carbons (Fsp3) is 0.200. The van der Waals surface area contributed by atoms with Crippen LogP contribution in [0.1, 0.15) is 11.3 Å². The Morgan fingerprint density at radius 1 is 1.13 bits per heavy atom. The van der Waals surface area contributed by atoms with E-state index in [0.29, 0.717) is 11.1 Å². The molecule has 0 fully saturated rings. The largest absolute Gasteiger partial charge is 0.417 e. The Kier molecular flexibility index (Phi) is 2.10. The topological polar surface area (TPSA) is 25.8 Å². The SMILES string of the molecule is Cc1nncc2c(C(F)(F)F)cccc12. The van der Waals surface area contributed by atoms with Gasteiger partial charge in [-0.25, -0.2) is 0 Å². The van der Waals surface area contributed by atoms with Crippen LogP contribution in [-0.4, -0.2) is 10.2 Å². The number of aryl methyl sites for hydroxylation is 1. The minimum absolute atomic E-state index is 0.0949. The first-order chi connectivity index (χ1) is 7.00. The van der Waals surface area contributed by atoms with Crippen LogP contribution in [0.15, 0.2) is 24.4 Å². The smallest absolute Gasteiger partial charge is 0.166 e. The van der Waals surface area contributed by atoms with Crippen molar-refractivity contribution in [3.63, 3.8) is 0 Å². The van der Waals surface area contributed by atoms with Crippen LogP contribution < -0.4 is 0 Å². The maximum Gasteiger partial charge on any atom is 0.417 e. The number of hydrogen-bond acceptors (Lipinski definition) is 2. The van der Waals surface area contributed by atoms with Crippen molar-refractivity contribution in [1.82, 2.24) is 10.2 Å². The molecule has 0 N–H and O–H groups in total. The molecule has 1 heterocycles. The summed E-state index contributed by atoms with van der Waals surface area (Å²) in [6, 6.07) is 4.03. The number of nitrogens with zero attached hydrogens (tertiary/aromatic N) is 2. The van der Waals surface area contributed by atoms with Gasteiger partial charge in [0.15, 0.2) is 0 Å². The summed E-state index contributed by atoms with van der Waals surface area (Å²) < 4.78 is 37.8. The van der Waals surface area contributed by atoms with Gasteiger partial charge in [0.2, 0.25) is 0 Å². The summed E-state index contributed by atoms with van der Waals surface area (Å²) in [6.45, 7) is 1.63. The monoisotopic (exact) mass is 212 g/mol. The van der Waals surface area contributed by atoms with E-state index in [1.807, 2.05) is 0 Å². The summed E-state index contributed by atoms with van der Waals surface area (Å²) in [5.74, 6) is 0. The maximum atomic E-state index is 12.6. The average molecular weight is 212 g/mol. The van der Waals surface area contributed by atoms with Crippen LogP contribution in [0, 0.1) is 6.92 Å². The van der Waals surface area contributed by atoms with E-state index in [0.717, 1.165) is 12.3 Å². The van der Waals surface area contributed by atoms with E-state index in [1.54, 1.807) is 13.0 Å². The van der Waals surface area contributed by atoms with Crippen molar-refractivity contribution >= 4 is 10.8 Å². The molecule has 0 aliphatic carbocycles. The normalized spacial score (nSPS) is 12.0. The van der Waals surface area contributed by atoms with E-state index in [4.69, 9.17) is 0 Å². The molecule has 5 heteroatoms. The Morgan fingerprint density at radius 3 is 2.53 bits per heavy atom. The summed E-state index contributed by atoms with van der Waals surface area (Å²) >= 11 is 0. The summed E-state index contributed by atoms with van der Waals surface area (Å²) in [5, 5.41) is 7.83. The Bertz CT molecular complexity index is 505. The lowest BCUT2D eigenvalue weighted by Crippen LogP contribution is -2.06. The van der Waals surface area contributed by atoms with E-state index in [2.05, 4.69) is 10.2 Å². The Balaban J connectivity index is 2.83. The molecule has 0 aliphatic heterocycles. The highest BCUT2D eigenvalue weighted by molar-refractivity contribution is 5.86. The van der Waals surface area contributed by atoms with Gasteiger partial charge in [0.1, 0.15) is 0 Å². The van der Waals surface area contributed by atoms with Gasteiger partial charge in [-0.2, -0.15) is 23.4 Å². The number of aromatic nitrogens is 2. The number of benzene rings is 1. The number of rotatable bonds is 0. The molecule has 0 saturated carbocycles. The van der Waals surface area contributed by atoms with Gasteiger partial charge >= 0.3 is 6.18 Å². The summed E-state index contributed by atoms with van der Waals surface area (Å²) in [5.41, 5.74) is -0.170. The van der Waals surface area contributed by atoms with Crippen molar-refractivity contribution in [2.45, 2.75) is 13.1 Å². The summed E-state index contributed by atoms with van der Waals surface area (Å²) in [7, 11) is 0. The molecular formula is C10H7F3N2. The molecule has 15 heavy (non-hydrogen) atoms. The second-order valence-electron chi connectivity index (χ2n) is 3.19. The van der Waals surface area contributed by atoms with Gasteiger partial charge in [0, 0.05) is 10.8 Å². The predicted octanol–water partition coefficient (Wildman–Crippen LogP) is 2.96. The molecule has 0 bridgehead atoms. The first-order valence-electron chi connectivity index (χ1n) is 4.28.